The molecule has 0 amide bonds. The van der Waals surface area contributed by atoms with Gasteiger partial charge < -0.3 is 20.5 Å². The molecule has 0 saturated carbocycles. The third-order valence-corrected chi connectivity index (χ3v) is 7.01. The number of morpholine rings is 1. The van der Waals surface area contributed by atoms with E-state index in [0.29, 0.717) is 13.2 Å². The number of fused-ring (bicyclic) bond motifs is 1. The van der Waals surface area contributed by atoms with Crippen molar-refractivity contribution in [2.75, 3.05) is 69.7 Å². The fraction of sp³-hybridized carbons (Fsp3) is 0.524. The van der Waals surface area contributed by atoms with Gasteiger partial charge in [-0.15, -0.1) is 11.3 Å². The molecule has 3 N–H and O–H groups in total. The van der Waals surface area contributed by atoms with Gasteiger partial charge in [0.2, 0.25) is 11.9 Å². The molecule has 10 nitrogen and oxygen atoms in total. The maximum absolute atomic E-state index is 9.11. The van der Waals surface area contributed by atoms with Crippen molar-refractivity contribution in [1.29, 1.82) is 0 Å². The molecule has 2 saturated heterocycles. The number of nitrogens with two attached hydrogens (primary N) is 1. The van der Waals surface area contributed by atoms with Gasteiger partial charge in [-0.2, -0.15) is 0 Å². The number of piperazine rings is 1. The van der Waals surface area contributed by atoms with E-state index in [1.165, 1.54) is 4.88 Å². The van der Waals surface area contributed by atoms with Gasteiger partial charge in [0.25, 0.3) is 0 Å². The zero-order valence-corrected chi connectivity index (χ0v) is 18.7. The number of nitrogen functional groups attached to an aromatic ring is 1. The highest BCUT2D eigenvalue weighted by molar-refractivity contribution is 7.18. The van der Waals surface area contributed by atoms with Crippen LogP contribution in [-0.4, -0.2) is 93.9 Å². The lowest BCUT2D eigenvalue weighted by atomic mass is 10.1. The van der Waals surface area contributed by atoms with E-state index in [-0.39, 0.29) is 18.7 Å². The minimum Gasteiger partial charge on any atom is -0.395 e. The zero-order chi connectivity index (χ0) is 21.9. The monoisotopic (exact) mass is 456 g/mol. The summed E-state index contributed by atoms with van der Waals surface area (Å²) in [4.78, 5) is 26.9. The Balaban J connectivity index is 1.25. The number of hydrogen-bond acceptors (Lipinski definition) is 11. The van der Waals surface area contributed by atoms with Crippen molar-refractivity contribution >= 4 is 33.5 Å². The Bertz CT molecular complexity index is 1040. The van der Waals surface area contributed by atoms with Gasteiger partial charge in [0.05, 0.1) is 19.8 Å². The van der Waals surface area contributed by atoms with E-state index in [4.69, 9.17) is 20.6 Å². The number of ether oxygens (including phenoxy) is 1. The molecule has 170 valence electrons. The van der Waals surface area contributed by atoms with Crippen LogP contribution in [0, 0.1) is 0 Å². The second kappa shape index (κ2) is 9.59. The Hall–Kier alpha value is -2.44. The highest BCUT2D eigenvalue weighted by Crippen LogP contribution is 2.28. The Morgan fingerprint density at radius 3 is 2.62 bits per heavy atom. The minimum atomic E-state index is -0.132. The van der Waals surface area contributed by atoms with E-state index < -0.39 is 0 Å². The first kappa shape index (κ1) is 21.4. The van der Waals surface area contributed by atoms with Crippen molar-refractivity contribution in [3.63, 3.8) is 0 Å². The van der Waals surface area contributed by atoms with Crippen molar-refractivity contribution in [2.45, 2.75) is 12.6 Å². The van der Waals surface area contributed by atoms with Crippen LogP contribution in [0.2, 0.25) is 0 Å². The van der Waals surface area contributed by atoms with E-state index in [1.54, 1.807) is 23.7 Å². The van der Waals surface area contributed by atoms with Crippen molar-refractivity contribution < 1.29 is 9.84 Å². The first-order valence-corrected chi connectivity index (χ1v) is 11.7. The molecular weight excluding hydrogens is 428 g/mol. The van der Waals surface area contributed by atoms with Crippen LogP contribution in [0.4, 0.5) is 11.9 Å². The molecule has 0 spiro atoms. The van der Waals surface area contributed by atoms with E-state index in [9.17, 15) is 0 Å². The molecule has 2 aliphatic rings. The van der Waals surface area contributed by atoms with Gasteiger partial charge in [0, 0.05) is 80.2 Å². The first-order valence-electron chi connectivity index (χ1n) is 10.9. The fourth-order valence-electron chi connectivity index (χ4n) is 4.18. The van der Waals surface area contributed by atoms with Gasteiger partial charge in [-0.25, -0.2) is 19.9 Å². The predicted octanol–water partition coefficient (Wildman–Crippen LogP) is 0.751. The van der Waals surface area contributed by atoms with Crippen LogP contribution in [-0.2, 0) is 11.3 Å². The second-order valence-corrected chi connectivity index (χ2v) is 9.28. The van der Waals surface area contributed by atoms with Crippen molar-refractivity contribution in [3.8, 4) is 0 Å². The van der Waals surface area contributed by atoms with Crippen LogP contribution in [0.3, 0.4) is 0 Å². The summed E-state index contributed by atoms with van der Waals surface area (Å²) in [5.74, 6) is 0.990. The molecule has 1 unspecified atom stereocenters. The Labute approximate surface area is 190 Å². The van der Waals surface area contributed by atoms with Gasteiger partial charge in [-0.1, -0.05) is 0 Å². The molecule has 5 heterocycles. The lowest BCUT2D eigenvalue weighted by Gasteiger charge is -2.34. The standard InChI is InChI=1S/C21H28N8O2S/c22-20-23-11-16(12-24-20)18-14-29(6-8-31-18)21-25-10-15-9-17(32-19(15)26-21)13-28-3-1-27(2-4-28)5-7-30/h9-12,18,30H,1-8,13-14H2,(H2,22,23,24). The van der Waals surface area contributed by atoms with Crippen molar-refractivity contribution in [2.24, 2.45) is 0 Å². The molecule has 0 bridgehead atoms. The van der Waals surface area contributed by atoms with E-state index in [0.717, 1.165) is 67.5 Å². The van der Waals surface area contributed by atoms with Crippen LogP contribution >= 0.6 is 11.3 Å². The fourth-order valence-corrected chi connectivity index (χ4v) is 5.22. The third-order valence-electron chi connectivity index (χ3n) is 5.99. The van der Waals surface area contributed by atoms with E-state index in [2.05, 4.69) is 35.7 Å². The molecular formula is C21H28N8O2S. The summed E-state index contributed by atoms with van der Waals surface area (Å²) in [5, 5.41) is 10.2. The van der Waals surface area contributed by atoms with Crippen LogP contribution in [0.25, 0.3) is 10.2 Å². The van der Waals surface area contributed by atoms with Gasteiger partial charge in [0.15, 0.2) is 0 Å². The molecule has 1 atom stereocenters. The number of hydrogen-bond donors (Lipinski definition) is 2. The second-order valence-electron chi connectivity index (χ2n) is 8.16. The van der Waals surface area contributed by atoms with Gasteiger partial charge in [0.1, 0.15) is 10.9 Å². The largest absolute Gasteiger partial charge is 0.395 e. The van der Waals surface area contributed by atoms with Crippen LogP contribution in [0.5, 0.6) is 0 Å². The molecule has 2 aliphatic heterocycles. The lowest BCUT2D eigenvalue weighted by molar-refractivity contribution is 0.0388. The molecule has 0 aliphatic carbocycles. The van der Waals surface area contributed by atoms with E-state index >= 15 is 0 Å². The number of aliphatic hydroxyl groups excluding tert-OH is 1. The molecule has 2 fully saturated rings. The Morgan fingerprint density at radius 2 is 1.84 bits per heavy atom. The van der Waals surface area contributed by atoms with E-state index in [1.807, 2.05) is 6.20 Å². The highest BCUT2D eigenvalue weighted by Gasteiger charge is 2.25. The van der Waals surface area contributed by atoms with Gasteiger partial charge in [-0.05, 0) is 6.07 Å². The summed E-state index contributed by atoms with van der Waals surface area (Å²) in [7, 11) is 0. The van der Waals surface area contributed by atoms with Crippen LogP contribution < -0.4 is 10.6 Å². The Morgan fingerprint density at radius 1 is 1.06 bits per heavy atom. The van der Waals surface area contributed by atoms with Crippen LogP contribution in [0.1, 0.15) is 16.5 Å². The number of thiophene rings is 1. The maximum atomic E-state index is 9.11. The molecule has 3 aromatic rings. The molecule has 0 radical (unpaired) electrons. The minimum absolute atomic E-state index is 0.132. The number of β-amino-alcohol motifs (C(OH)–C–C–N with tert-alkyl or cyclic N) is 1. The SMILES string of the molecule is Nc1ncc(C2CN(c3ncc4cc(CN5CCN(CCO)CC5)sc4n3)CCO2)cn1. The molecule has 0 aromatic carbocycles. The van der Waals surface area contributed by atoms with Gasteiger partial charge >= 0.3 is 0 Å². The quantitative estimate of drug-likeness (QED) is 0.550. The van der Waals surface area contributed by atoms with Crippen molar-refractivity contribution in [3.05, 3.63) is 35.1 Å². The summed E-state index contributed by atoms with van der Waals surface area (Å²) in [5.41, 5.74) is 6.51. The average Bonchev–Trinajstić information content (AvgIpc) is 3.22. The van der Waals surface area contributed by atoms with Crippen LogP contribution in [0.15, 0.2) is 24.7 Å². The first-order chi connectivity index (χ1) is 15.7. The summed E-state index contributed by atoms with van der Waals surface area (Å²) >= 11 is 1.74. The summed E-state index contributed by atoms with van der Waals surface area (Å²) in [6, 6.07) is 2.21. The molecule has 11 heteroatoms. The molecule has 32 heavy (non-hydrogen) atoms. The average molecular weight is 457 g/mol. The lowest BCUT2D eigenvalue weighted by Crippen LogP contribution is -2.46. The summed E-state index contributed by atoms with van der Waals surface area (Å²) < 4.78 is 5.92. The van der Waals surface area contributed by atoms with Gasteiger partial charge in [-0.3, -0.25) is 9.80 Å². The highest BCUT2D eigenvalue weighted by atomic mass is 32.1. The molecule has 5 rings (SSSR count). The number of rotatable bonds is 6. The zero-order valence-electron chi connectivity index (χ0n) is 17.9. The predicted molar refractivity (Wildman–Crippen MR) is 124 cm³/mol. The topological polar surface area (TPSA) is 117 Å². The third kappa shape index (κ3) is 4.81. The normalized spacial score (nSPS) is 20.8. The number of anilines is 2. The van der Waals surface area contributed by atoms with Crippen molar-refractivity contribution in [1.82, 2.24) is 29.7 Å². The Kier molecular flexibility index (Phi) is 6.42. The maximum Gasteiger partial charge on any atom is 0.226 e. The molecule has 3 aromatic heterocycles. The number of aliphatic hydroxyl groups is 1. The summed E-state index contributed by atoms with van der Waals surface area (Å²) in [6.07, 6.45) is 5.23. The summed E-state index contributed by atoms with van der Waals surface area (Å²) in [6.45, 7) is 7.97. The number of nitrogens with zero attached hydrogens (tertiary/aromatic N) is 7. The number of aromatic nitrogens is 4. The smallest absolute Gasteiger partial charge is 0.226 e.